The standard InChI is InChI=1S/C26H20N4O4S/c1-29-11-12-34-19-9-8-15(13-18(19)29)23(31)21-22(16-5-4-10-27-14-16)30(25(33)24(21)32)26-28-17-6-2-3-7-20(17)35-26/h2-10,13-14,22,31H,11-12H2,1H3/b23-21+. The van der Waals surface area contributed by atoms with E-state index in [1.807, 2.05) is 36.2 Å². The van der Waals surface area contributed by atoms with Crippen molar-refractivity contribution in [2.24, 2.45) is 0 Å². The summed E-state index contributed by atoms with van der Waals surface area (Å²) in [6.45, 7) is 1.28. The topological polar surface area (TPSA) is 95.9 Å². The van der Waals surface area contributed by atoms with Crippen LogP contribution < -0.4 is 14.5 Å². The van der Waals surface area contributed by atoms with Gasteiger partial charge < -0.3 is 14.7 Å². The van der Waals surface area contributed by atoms with E-state index in [1.165, 1.54) is 16.2 Å². The van der Waals surface area contributed by atoms with E-state index in [1.54, 1.807) is 42.7 Å². The van der Waals surface area contributed by atoms with Crippen molar-refractivity contribution in [1.82, 2.24) is 9.97 Å². The number of para-hydroxylation sites is 1. The summed E-state index contributed by atoms with van der Waals surface area (Å²) in [5, 5.41) is 11.8. The zero-order chi connectivity index (χ0) is 24.1. The molecule has 0 radical (unpaired) electrons. The lowest BCUT2D eigenvalue weighted by atomic mass is 9.96. The first kappa shape index (κ1) is 21.3. The fourth-order valence-corrected chi connectivity index (χ4v) is 5.49. The number of hydrogen-bond acceptors (Lipinski definition) is 8. The van der Waals surface area contributed by atoms with Crippen molar-refractivity contribution < 1.29 is 19.4 Å². The number of benzene rings is 2. The van der Waals surface area contributed by atoms with Gasteiger partial charge in [-0.1, -0.05) is 29.5 Å². The summed E-state index contributed by atoms with van der Waals surface area (Å²) < 4.78 is 6.60. The number of carbonyl (C=O) groups is 2. The van der Waals surface area contributed by atoms with E-state index in [0.717, 1.165) is 15.9 Å². The van der Waals surface area contributed by atoms with Crippen LogP contribution in [0.15, 0.2) is 72.6 Å². The average Bonchev–Trinajstić information content (AvgIpc) is 3.42. The number of ether oxygens (including phenoxy) is 1. The first-order valence-corrected chi connectivity index (χ1v) is 11.9. The number of anilines is 2. The zero-order valence-electron chi connectivity index (χ0n) is 18.7. The minimum absolute atomic E-state index is 0.00147. The van der Waals surface area contributed by atoms with Crippen LogP contribution in [0, 0.1) is 0 Å². The van der Waals surface area contributed by atoms with Gasteiger partial charge in [0.05, 0.1) is 34.1 Å². The highest BCUT2D eigenvalue weighted by atomic mass is 32.1. The van der Waals surface area contributed by atoms with Crippen LogP contribution in [0.3, 0.4) is 0 Å². The van der Waals surface area contributed by atoms with E-state index in [2.05, 4.69) is 9.97 Å². The Morgan fingerprint density at radius 1 is 1.14 bits per heavy atom. The first-order valence-electron chi connectivity index (χ1n) is 11.1. The summed E-state index contributed by atoms with van der Waals surface area (Å²) in [4.78, 5) is 38.9. The predicted molar refractivity (Wildman–Crippen MR) is 134 cm³/mol. The summed E-state index contributed by atoms with van der Waals surface area (Å²) in [7, 11) is 1.94. The number of thiazole rings is 1. The van der Waals surface area contributed by atoms with Crippen molar-refractivity contribution in [1.29, 1.82) is 0 Å². The fourth-order valence-electron chi connectivity index (χ4n) is 4.50. The number of nitrogens with zero attached hydrogens (tertiary/aromatic N) is 4. The third-order valence-corrected chi connectivity index (χ3v) is 7.30. The Morgan fingerprint density at radius 3 is 2.80 bits per heavy atom. The highest BCUT2D eigenvalue weighted by Crippen LogP contribution is 2.44. The van der Waals surface area contributed by atoms with Gasteiger partial charge in [-0.3, -0.25) is 19.5 Å². The van der Waals surface area contributed by atoms with Crippen molar-refractivity contribution in [2.75, 3.05) is 30.0 Å². The van der Waals surface area contributed by atoms with Crippen LogP contribution in [0.1, 0.15) is 17.2 Å². The van der Waals surface area contributed by atoms with Gasteiger partial charge in [0.2, 0.25) is 0 Å². The van der Waals surface area contributed by atoms with Crippen LogP contribution in [-0.4, -0.2) is 47.0 Å². The number of rotatable bonds is 3. The quantitative estimate of drug-likeness (QED) is 0.265. The number of Topliss-reactive ketones (excluding diaryl/α,β-unsaturated/α-hetero) is 1. The molecule has 1 amide bonds. The third kappa shape index (κ3) is 3.43. The van der Waals surface area contributed by atoms with Crippen LogP contribution in [-0.2, 0) is 9.59 Å². The Hall–Kier alpha value is -4.24. The maximum atomic E-state index is 13.4. The van der Waals surface area contributed by atoms with E-state index >= 15 is 0 Å². The monoisotopic (exact) mass is 484 g/mol. The van der Waals surface area contributed by atoms with Crippen molar-refractivity contribution in [3.8, 4) is 5.75 Å². The Bertz CT molecular complexity index is 1480. The van der Waals surface area contributed by atoms with E-state index in [9.17, 15) is 14.7 Å². The zero-order valence-corrected chi connectivity index (χ0v) is 19.5. The molecule has 2 aromatic carbocycles. The molecule has 4 heterocycles. The van der Waals surface area contributed by atoms with Crippen molar-refractivity contribution in [2.45, 2.75) is 6.04 Å². The molecule has 2 aromatic heterocycles. The van der Waals surface area contributed by atoms with Gasteiger partial charge in [0.1, 0.15) is 18.1 Å². The maximum absolute atomic E-state index is 13.4. The number of fused-ring (bicyclic) bond motifs is 2. The Kier molecular flexibility index (Phi) is 5.00. The normalized spacial score (nSPS) is 19.2. The second-order valence-electron chi connectivity index (χ2n) is 8.37. The van der Waals surface area contributed by atoms with Gasteiger partial charge in [-0.25, -0.2) is 4.98 Å². The summed E-state index contributed by atoms with van der Waals surface area (Å²) in [5.74, 6) is -1.05. The Labute approximate surface area is 204 Å². The van der Waals surface area contributed by atoms with E-state index in [4.69, 9.17) is 4.74 Å². The first-order chi connectivity index (χ1) is 17.0. The lowest BCUT2D eigenvalue weighted by Crippen LogP contribution is -2.29. The number of ketones is 1. The van der Waals surface area contributed by atoms with Crippen molar-refractivity contribution in [3.05, 3.63) is 83.7 Å². The predicted octanol–water partition coefficient (Wildman–Crippen LogP) is 4.15. The molecular formula is C26H20N4O4S. The summed E-state index contributed by atoms with van der Waals surface area (Å²) in [6.07, 6.45) is 3.21. The highest BCUT2D eigenvalue weighted by Gasteiger charge is 2.48. The van der Waals surface area contributed by atoms with Gasteiger partial charge in [0, 0.05) is 25.0 Å². The smallest absolute Gasteiger partial charge is 0.301 e. The van der Waals surface area contributed by atoms with E-state index < -0.39 is 17.7 Å². The molecule has 2 aliphatic heterocycles. The molecule has 4 aromatic rings. The molecule has 9 heteroatoms. The number of aliphatic hydroxyl groups is 1. The van der Waals surface area contributed by atoms with Crippen LogP contribution >= 0.6 is 11.3 Å². The van der Waals surface area contributed by atoms with Crippen LogP contribution in [0.25, 0.3) is 16.0 Å². The summed E-state index contributed by atoms with van der Waals surface area (Å²) >= 11 is 1.32. The molecule has 0 spiro atoms. The fraction of sp³-hybridized carbons (Fsp3) is 0.154. The number of carbonyl (C=O) groups excluding carboxylic acids is 2. The van der Waals surface area contributed by atoms with Crippen LogP contribution in [0.2, 0.25) is 0 Å². The molecule has 8 nitrogen and oxygen atoms in total. The molecule has 1 unspecified atom stereocenters. The van der Waals surface area contributed by atoms with Gasteiger partial charge >= 0.3 is 5.91 Å². The van der Waals surface area contributed by atoms with Gasteiger partial charge in [-0.15, -0.1) is 0 Å². The summed E-state index contributed by atoms with van der Waals surface area (Å²) in [5.41, 5.74) is 2.57. The summed E-state index contributed by atoms with van der Waals surface area (Å²) in [6, 6.07) is 15.4. The second-order valence-corrected chi connectivity index (χ2v) is 9.38. The lowest BCUT2D eigenvalue weighted by Gasteiger charge is -2.28. The Balaban J connectivity index is 1.54. The highest BCUT2D eigenvalue weighted by molar-refractivity contribution is 7.22. The number of amides is 1. The second kappa shape index (κ2) is 8.21. The number of aromatic nitrogens is 2. The number of hydrogen-bond donors (Lipinski definition) is 1. The van der Waals surface area contributed by atoms with Crippen molar-refractivity contribution >= 4 is 49.8 Å². The van der Waals surface area contributed by atoms with Gasteiger partial charge in [-0.05, 0) is 42.0 Å². The van der Waals surface area contributed by atoms with E-state index in [-0.39, 0.29) is 11.3 Å². The lowest BCUT2D eigenvalue weighted by molar-refractivity contribution is -0.132. The molecule has 6 rings (SSSR count). The Morgan fingerprint density at radius 2 is 2.00 bits per heavy atom. The minimum atomic E-state index is -0.866. The molecule has 1 N–H and O–H groups in total. The van der Waals surface area contributed by atoms with Crippen LogP contribution in [0.5, 0.6) is 5.75 Å². The molecule has 0 aliphatic carbocycles. The molecule has 1 saturated heterocycles. The molecule has 1 atom stereocenters. The SMILES string of the molecule is CN1CCOc2ccc(/C(O)=C3\C(=O)C(=O)N(c4nc5ccccc5s4)C3c3cccnc3)cc21. The molecule has 2 aliphatic rings. The minimum Gasteiger partial charge on any atom is -0.507 e. The molecular weight excluding hydrogens is 464 g/mol. The molecule has 1 fully saturated rings. The number of pyridine rings is 1. The molecule has 35 heavy (non-hydrogen) atoms. The van der Waals surface area contributed by atoms with Gasteiger partial charge in [0.25, 0.3) is 5.78 Å². The van der Waals surface area contributed by atoms with Crippen molar-refractivity contribution in [3.63, 3.8) is 0 Å². The number of aliphatic hydroxyl groups excluding tert-OH is 1. The van der Waals surface area contributed by atoms with Gasteiger partial charge in [-0.2, -0.15) is 0 Å². The average molecular weight is 485 g/mol. The molecule has 0 bridgehead atoms. The van der Waals surface area contributed by atoms with Crippen LogP contribution in [0.4, 0.5) is 10.8 Å². The van der Waals surface area contributed by atoms with Gasteiger partial charge in [0.15, 0.2) is 5.13 Å². The molecule has 0 saturated carbocycles. The third-order valence-electron chi connectivity index (χ3n) is 6.26. The largest absolute Gasteiger partial charge is 0.507 e. The van der Waals surface area contributed by atoms with E-state index in [0.29, 0.717) is 35.2 Å². The molecule has 174 valence electrons. The number of likely N-dealkylation sites (N-methyl/N-ethyl adjacent to an activating group) is 1. The maximum Gasteiger partial charge on any atom is 0.301 e.